The van der Waals surface area contributed by atoms with Gasteiger partial charge in [-0.3, -0.25) is 37.2 Å². The number of nitrogens with zero attached hydrogens (tertiary/aromatic N) is 5. The largest absolute Gasteiger partial charge is 0.472 e. The van der Waals surface area contributed by atoms with E-state index in [-0.39, 0.29) is 28.5 Å². The van der Waals surface area contributed by atoms with E-state index in [1.165, 1.54) is 23.0 Å². The highest BCUT2D eigenvalue weighted by molar-refractivity contribution is 8.54. The number of nitrogen functional groups attached to an aromatic ring is 1. The molecule has 1 amide bonds. The Morgan fingerprint density at radius 1 is 0.949 bits per heavy atom. The van der Waals surface area contributed by atoms with Crippen molar-refractivity contribution in [3.63, 3.8) is 0 Å². The average molecular weight is 879 g/mol. The number of carbonyl (C=O) groups excluding carboxylic acids is 3. The molecule has 3 fully saturated rings. The number of ketones is 1. The summed E-state index contributed by atoms with van der Waals surface area (Å²) in [5, 5.41) is 0. The molecule has 0 spiro atoms. The minimum atomic E-state index is -5.27. The highest BCUT2D eigenvalue weighted by atomic mass is 32.7. The zero-order valence-electron chi connectivity index (χ0n) is 30.6. The Kier molecular flexibility index (Phi) is 11.6. The van der Waals surface area contributed by atoms with Crippen LogP contribution in [0.5, 0.6) is 5.75 Å². The predicted molar refractivity (Wildman–Crippen MR) is 201 cm³/mol. The molecule has 10 atom stereocenters. The number of aryl methyl sites for hydroxylation is 1. The van der Waals surface area contributed by atoms with E-state index < -0.39 is 101 Å². The molecular formula is C35H34F2N6O13P2S. The van der Waals surface area contributed by atoms with Crippen LogP contribution in [0.1, 0.15) is 34.1 Å². The molecule has 0 radical (unpaired) electrons. The zero-order chi connectivity index (χ0) is 41.6. The van der Waals surface area contributed by atoms with Crippen LogP contribution in [0.15, 0.2) is 73.5 Å². The van der Waals surface area contributed by atoms with Crippen molar-refractivity contribution in [2.45, 2.75) is 68.3 Å². The van der Waals surface area contributed by atoms with Gasteiger partial charge in [0.05, 0.1) is 31.5 Å². The number of alkyl halides is 2. The summed E-state index contributed by atoms with van der Waals surface area (Å²) in [5.41, 5.74) is 7.99. The average Bonchev–Trinajstić information content (AvgIpc) is 3.86. The molecule has 24 heteroatoms. The number of benzene rings is 2. The van der Waals surface area contributed by atoms with Crippen LogP contribution in [-0.2, 0) is 52.0 Å². The number of phosphoric acid groups is 1. The van der Waals surface area contributed by atoms with Gasteiger partial charge in [0.1, 0.15) is 42.0 Å². The summed E-state index contributed by atoms with van der Waals surface area (Å²) < 4.78 is 101. The maximum absolute atomic E-state index is 16.6. The number of aromatic nitrogens is 4. The monoisotopic (exact) mass is 878 g/mol. The Balaban J connectivity index is 1.09. The Morgan fingerprint density at radius 3 is 2.34 bits per heavy atom. The number of allylic oxidation sites excluding steroid dienone is 1. The van der Waals surface area contributed by atoms with Crippen LogP contribution in [0, 0.1) is 6.92 Å². The van der Waals surface area contributed by atoms with Crippen molar-refractivity contribution in [1.82, 2.24) is 24.4 Å². The summed E-state index contributed by atoms with van der Waals surface area (Å²) in [6, 6.07) is 13.0. The molecule has 19 nitrogen and oxygen atoms in total. The van der Waals surface area contributed by atoms with Crippen LogP contribution in [0.25, 0.3) is 11.2 Å². The second-order valence-corrected chi connectivity index (χ2v) is 19.1. The van der Waals surface area contributed by atoms with E-state index in [1.807, 2.05) is 6.92 Å². The number of esters is 1. The Morgan fingerprint density at radius 2 is 1.63 bits per heavy atom. The van der Waals surface area contributed by atoms with E-state index in [4.69, 9.17) is 38.0 Å². The molecule has 4 aromatic rings. The molecule has 59 heavy (non-hydrogen) atoms. The molecule has 4 bridgehead atoms. The quantitative estimate of drug-likeness (QED) is 0.112. The SMILES string of the molecule is Cc1ccc(C(=O)Oc2ccc(CSP3(=O)OC[C@H]4O[C@@H](N5C=CC(=O)CC5=O)[C@H](OP(=O)(O)OC[C@H]5O[C@@H](n6cnc7c(N)ncnc76)[C@H](O3)[C@@H]5F)[C@@H]4F)cc2)cc1. The molecule has 4 aliphatic rings. The van der Waals surface area contributed by atoms with Crippen LogP contribution in [0.2, 0.25) is 0 Å². The van der Waals surface area contributed by atoms with Crippen LogP contribution < -0.4 is 10.5 Å². The number of hydrogen-bond donors (Lipinski definition) is 2. The summed E-state index contributed by atoms with van der Waals surface area (Å²) in [6.07, 6.45) is -11.2. The fourth-order valence-electron chi connectivity index (χ4n) is 6.59. The first-order valence-electron chi connectivity index (χ1n) is 17.8. The van der Waals surface area contributed by atoms with Crippen molar-refractivity contribution in [3.05, 3.63) is 90.2 Å². The second-order valence-electron chi connectivity index (χ2n) is 13.7. The first kappa shape index (κ1) is 41.3. The first-order chi connectivity index (χ1) is 28.2. The van der Waals surface area contributed by atoms with Gasteiger partial charge >= 0.3 is 20.6 Å². The highest BCUT2D eigenvalue weighted by Gasteiger charge is 2.56. The number of imidazole rings is 1. The summed E-state index contributed by atoms with van der Waals surface area (Å²) in [5.74, 6) is -1.85. The van der Waals surface area contributed by atoms with Gasteiger partial charge in [-0.25, -0.2) is 37.7 Å². The van der Waals surface area contributed by atoms with Crippen molar-refractivity contribution in [3.8, 4) is 5.75 Å². The van der Waals surface area contributed by atoms with Gasteiger partial charge in [0, 0.05) is 12.0 Å². The standard InChI is InChI=1S/C35H34F2N6O13P2S/c1-18-2-6-20(7-3-18)35(46)52-22-8-4-19(5-9-22)15-59-58(49)51-14-24-26(36)29(33(53-24)42-11-10-21(44)12-25(42)45)55-57(47,48)50-13-23-27(37)30(56-58)34(54-23)43-17-41-28-31(38)39-16-40-32(28)43/h2-11,16-17,23-24,26-27,29-30,33-34H,12-15H2,1H3,(H,47,48)(H2,38,39,40)/t23-,24-,26-,27-,29-,30-,33-,34-,58?/m1/s1. The Bertz CT molecular complexity index is 2390. The second kappa shape index (κ2) is 16.5. The summed E-state index contributed by atoms with van der Waals surface area (Å²) in [4.78, 5) is 61.1. The van der Waals surface area contributed by atoms with Crippen LogP contribution in [0.3, 0.4) is 0 Å². The van der Waals surface area contributed by atoms with Gasteiger partial charge in [0.15, 0.2) is 42.0 Å². The normalized spacial score (nSPS) is 32.6. The first-order valence-corrected chi connectivity index (χ1v) is 22.5. The minimum absolute atomic E-state index is 0.0133. The van der Waals surface area contributed by atoms with Crippen LogP contribution in [-0.4, -0.2) is 103 Å². The molecule has 6 heterocycles. The third-order valence-electron chi connectivity index (χ3n) is 9.61. The molecule has 3 saturated heterocycles. The smallest absolute Gasteiger partial charge is 0.423 e. The number of anilines is 1. The van der Waals surface area contributed by atoms with E-state index in [2.05, 4.69) is 15.0 Å². The predicted octanol–water partition coefficient (Wildman–Crippen LogP) is 4.51. The minimum Gasteiger partial charge on any atom is -0.423 e. The molecule has 3 N–H and O–H groups in total. The molecule has 312 valence electrons. The van der Waals surface area contributed by atoms with E-state index in [1.54, 1.807) is 36.4 Å². The zero-order valence-corrected chi connectivity index (χ0v) is 33.2. The molecular weight excluding hydrogens is 844 g/mol. The van der Waals surface area contributed by atoms with Crippen molar-refractivity contribution >= 4 is 60.6 Å². The number of amides is 1. The Hall–Kier alpha value is -4.47. The van der Waals surface area contributed by atoms with Gasteiger partial charge in [-0.2, -0.15) is 0 Å². The van der Waals surface area contributed by atoms with Gasteiger partial charge in [-0.15, -0.1) is 0 Å². The topological polar surface area (TPSA) is 243 Å². The lowest BCUT2D eigenvalue weighted by atomic mass is 10.1. The molecule has 2 unspecified atom stereocenters. The number of nitrogens with two attached hydrogens (primary N) is 1. The van der Waals surface area contributed by atoms with Gasteiger partial charge in [-0.1, -0.05) is 29.8 Å². The number of halogens is 2. The number of rotatable bonds is 7. The molecule has 8 rings (SSSR count). The highest BCUT2D eigenvalue weighted by Crippen LogP contribution is 2.65. The lowest BCUT2D eigenvalue weighted by Gasteiger charge is -2.31. The lowest BCUT2D eigenvalue weighted by Crippen LogP contribution is -2.46. The fraction of sp³-hybridized carbons (Fsp3) is 0.371. The third kappa shape index (κ3) is 8.74. The molecule has 4 aliphatic heterocycles. The third-order valence-corrected chi connectivity index (χ3v) is 14.3. The van der Waals surface area contributed by atoms with E-state index in [0.717, 1.165) is 29.1 Å². The van der Waals surface area contributed by atoms with Crippen molar-refractivity contribution in [2.24, 2.45) is 0 Å². The van der Waals surface area contributed by atoms with Gasteiger partial charge < -0.3 is 24.8 Å². The number of fused-ring (bicyclic) bond motifs is 5. The van der Waals surface area contributed by atoms with E-state index in [9.17, 15) is 28.4 Å². The molecule has 2 aromatic carbocycles. The van der Waals surface area contributed by atoms with Gasteiger partial charge in [-0.05, 0) is 54.2 Å². The van der Waals surface area contributed by atoms with Crippen molar-refractivity contribution < 1.29 is 69.5 Å². The molecule has 0 aliphatic carbocycles. The fourth-order valence-corrected chi connectivity index (χ4v) is 10.9. The summed E-state index contributed by atoms with van der Waals surface area (Å²) >= 11 is 0.605. The van der Waals surface area contributed by atoms with Crippen LogP contribution in [0.4, 0.5) is 14.6 Å². The lowest BCUT2D eigenvalue weighted by molar-refractivity contribution is -0.148. The number of carbonyl (C=O) groups is 3. The summed E-state index contributed by atoms with van der Waals surface area (Å²) in [6.45, 7) is -4.59. The van der Waals surface area contributed by atoms with Crippen LogP contribution >= 0.6 is 26.0 Å². The van der Waals surface area contributed by atoms with E-state index in [0.29, 0.717) is 22.5 Å². The molecule has 2 aromatic heterocycles. The maximum atomic E-state index is 16.6. The van der Waals surface area contributed by atoms with Crippen molar-refractivity contribution in [2.75, 3.05) is 18.9 Å². The van der Waals surface area contributed by atoms with Gasteiger partial charge in [0.2, 0.25) is 5.91 Å². The molecule has 0 saturated carbocycles. The number of hydrogen-bond acceptors (Lipinski definition) is 17. The van der Waals surface area contributed by atoms with Gasteiger partial charge in [0.25, 0.3) is 0 Å². The maximum Gasteiger partial charge on any atom is 0.472 e. The number of phosphoric ester groups is 1. The van der Waals surface area contributed by atoms with E-state index >= 15 is 8.78 Å². The van der Waals surface area contributed by atoms with Crippen molar-refractivity contribution in [1.29, 1.82) is 0 Å². The Labute approximate surface area is 337 Å². The number of ether oxygens (including phenoxy) is 3. The summed E-state index contributed by atoms with van der Waals surface area (Å²) in [7, 11) is -5.27.